The summed E-state index contributed by atoms with van der Waals surface area (Å²) in [6.07, 6.45) is 21.0. The molecule has 8 aliphatic carbocycles. The predicted octanol–water partition coefficient (Wildman–Crippen LogP) is 5.88. The van der Waals surface area contributed by atoms with Crippen LogP contribution in [0.4, 0.5) is 0 Å². The number of nitrogens with zero attached hydrogens (tertiary/aromatic N) is 2. The number of hydrogen-bond acceptors (Lipinski definition) is 6. The summed E-state index contributed by atoms with van der Waals surface area (Å²) in [7, 11) is 0. The first-order valence-electron chi connectivity index (χ1n) is 18.4. The van der Waals surface area contributed by atoms with Gasteiger partial charge in [-0.1, -0.05) is 0 Å². The molecule has 0 aromatic rings. The van der Waals surface area contributed by atoms with E-state index in [0.29, 0.717) is 37.3 Å². The van der Waals surface area contributed by atoms with E-state index in [1.807, 2.05) is 0 Å². The Morgan fingerprint density at radius 2 is 0.643 bits per heavy atom. The Balaban J connectivity index is 0.839. The van der Waals surface area contributed by atoms with E-state index in [1.54, 1.807) is 0 Å². The van der Waals surface area contributed by atoms with Crippen LogP contribution < -0.4 is 0 Å². The van der Waals surface area contributed by atoms with Crippen LogP contribution in [0.25, 0.3) is 0 Å². The van der Waals surface area contributed by atoms with Crippen molar-refractivity contribution in [2.45, 2.75) is 89.9 Å². The van der Waals surface area contributed by atoms with Crippen molar-refractivity contribution < 1.29 is 18.9 Å². The van der Waals surface area contributed by atoms with Gasteiger partial charge < -0.3 is 18.9 Å². The average Bonchev–Trinajstić information content (AvgIpc) is 2.94. The molecule has 1 aliphatic heterocycles. The molecule has 0 aromatic heterocycles. The Hall–Kier alpha value is -0.240. The van der Waals surface area contributed by atoms with E-state index in [0.717, 1.165) is 88.1 Å². The quantitative estimate of drug-likeness (QED) is 0.387. The molecule has 0 spiro atoms. The van der Waals surface area contributed by atoms with Crippen molar-refractivity contribution in [1.82, 2.24) is 9.80 Å². The first kappa shape index (κ1) is 30.4. The molecule has 0 unspecified atom stereocenters. The fourth-order valence-electron chi connectivity index (χ4n) is 12.1. The van der Waals surface area contributed by atoms with E-state index < -0.39 is 0 Å². The number of hydrogen-bond donors (Lipinski definition) is 0. The van der Waals surface area contributed by atoms with Crippen LogP contribution in [0.1, 0.15) is 89.9 Å². The summed E-state index contributed by atoms with van der Waals surface area (Å²) in [6, 6.07) is 0. The molecule has 6 heteroatoms. The van der Waals surface area contributed by atoms with Gasteiger partial charge in [-0.05, 0) is 149 Å². The lowest BCUT2D eigenvalue weighted by atomic mass is 9.49. The Bertz CT molecular complexity index is 692. The van der Waals surface area contributed by atoms with Crippen LogP contribution in [0.5, 0.6) is 0 Å². The molecule has 9 rings (SSSR count). The maximum absolute atomic E-state index is 6.08. The van der Waals surface area contributed by atoms with Crippen molar-refractivity contribution in [2.24, 2.45) is 46.3 Å². The average molecular weight is 587 g/mol. The Morgan fingerprint density at radius 3 is 0.905 bits per heavy atom. The van der Waals surface area contributed by atoms with E-state index in [1.165, 1.54) is 103 Å². The lowest BCUT2D eigenvalue weighted by Gasteiger charge is -2.57. The van der Waals surface area contributed by atoms with Gasteiger partial charge in [0.05, 0.1) is 52.9 Å². The molecule has 6 nitrogen and oxygen atoms in total. The summed E-state index contributed by atoms with van der Waals surface area (Å²) in [4.78, 5) is 5.23. The zero-order valence-electron chi connectivity index (χ0n) is 26.8. The summed E-state index contributed by atoms with van der Waals surface area (Å²) in [5, 5.41) is 0. The molecule has 0 radical (unpaired) electrons. The molecular formula is C36H62N2O4. The molecule has 8 saturated carbocycles. The molecule has 8 bridgehead atoms. The molecule has 1 saturated heterocycles. The van der Waals surface area contributed by atoms with Crippen molar-refractivity contribution in [2.75, 3.05) is 92.1 Å². The van der Waals surface area contributed by atoms with Gasteiger partial charge >= 0.3 is 0 Å². The highest BCUT2D eigenvalue weighted by Crippen LogP contribution is 2.62. The van der Waals surface area contributed by atoms with E-state index in [9.17, 15) is 0 Å². The van der Waals surface area contributed by atoms with Crippen molar-refractivity contribution in [3.05, 3.63) is 0 Å². The van der Waals surface area contributed by atoms with Crippen molar-refractivity contribution in [1.29, 1.82) is 0 Å². The summed E-state index contributed by atoms with van der Waals surface area (Å²) < 4.78 is 24.3. The summed E-state index contributed by atoms with van der Waals surface area (Å²) in [6.45, 7) is 12.4. The second-order valence-corrected chi connectivity index (χ2v) is 16.5. The molecule has 0 amide bonds. The molecular weight excluding hydrogens is 524 g/mol. The van der Waals surface area contributed by atoms with Crippen LogP contribution in [0.2, 0.25) is 0 Å². The van der Waals surface area contributed by atoms with Crippen LogP contribution in [0.15, 0.2) is 0 Å². The highest BCUT2D eigenvalue weighted by Gasteiger charge is 2.51. The third kappa shape index (κ3) is 7.76. The zero-order chi connectivity index (χ0) is 28.2. The van der Waals surface area contributed by atoms with Crippen molar-refractivity contribution in [3.8, 4) is 0 Å². The lowest BCUT2D eigenvalue weighted by Crippen LogP contribution is -2.47. The fraction of sp³-hybridized carbons (Fsp3) is 1.00. The van der Waals surface area contributed by atoms with Gasteiger partial charge in [-0.2, -0.15) is 0 Å². The number of ether oxygens (including phenoxy) is 4. The Kier molecular flexibility index (Phi) is 10.2. The van der Waals surface area contributed by atoms with Crippen LogP contribution in [-0.2, 0) is 18.9 Å². The first-order chi connectivity index (χ1) is 20.6. The summed E-state index contributed by atoms with van der Waals surface area (Å²) in [5.41, 5.74) is 1.29. The highest BCUT2D eigenvalue weighted by molar-refractivity contribution is 5.02. The van der Waals surface area contributed by atoms with E-state index in [-0.39, 0.29) is 0 Å². The molecule has 0 N–H and O–H groups in total. The predicted molar refractivity (Wildman–Crippen MR) is 167 cm³/mol. The van der Waals surface area contributed by atoms with Crippen LogP contribution in [0, 0.1) is 46.3 Å². The molecule has 1 heterocycles. The van der Waals surface area contributed by atoms with E-state index in [4.69, 9.17) is 18.9 Å². The Labute approximate surface area is 256 Å². The smallest absolute Gasteiger partial charge is 0.0701 e. The standard InChI is InChI=1S/C36H62N2O4/c1(35-23-29-17-30(24-35)19-31(18-29)25-35)3-37-5-9-39-13-15-41-11-7-38(8-12-42-16-14-40-10-6-37)4-2-36-26-32-20-33(27-36)22-34(21-32)28-36/h29-34H,1-28H2. The van der Waals surface area contributed by atoms with Gasteiger partial charge in [-0.15, -0.1) is 0 Å². The minimum atomic E-state index is 0.646. The second-order valence-electron chi connectivity index (χ2n) is 16.5. The molecule has 9 aliphatic rings. The van der Waals surface area contributed by atoms with Gasteiger partial charge in [-0.25, -0.2) is 0 Å². The minimum Gasteiger partial charge on any atom is -0.378 e. The zero-order valence-corrected chi connectivity index (χ0v) is 26.8. The molecule has 0 atom stereocenters. The molecule has 240 valence electrons. The normalized spacial score (nSPS) is 44.3. The van der Waals surface area contributed by atoms with Gasteiger partial charge in [0, 0.05) is 26.2 Å². The monoisotopic (exact) mass is 586 g/mol. The van der Waals surface area contributed by atoms with Crippen molar-refractivity contribution >= 4 is 0 Å². The molecule has 42 heavy (non-hydrogen) atoms. The van der Waals surface area contributed by atoms with Gasteiger partial charge in [0.25, 0.3) is 0 Å². The van der Waals surface area contributed by atoms with Crippen LogP contribution >= 0.6 is 0 Å². The van der Waals surface area contributed by atoms with Gasteiger partial charge in [-0.3, -0.25) is 9.80 Å². The molecule has 0 aromatic carbocycles. The second kappa shape index (κ2) is 14.0. The van der Waals surface area contributed by atoms with Gasteiger partial charge in [0.2, 0.25) is 0 Å². The third-order valence-corrected chi connectivity index (χ3v) is 13.2. The highest BCUT2D eigenvalue weighted by atomic mass is 16.5. The summed E-state index contributed by atoms with van der Waals surface area (Å²) in [5.74, 6) is 6.23. The maximum atomic E-state index is 6.08. The number of rotatable bonds is 6. The third-order valence-electron chi connectivity index (χ3n) is 13.2. The Morgan fingerprint density at radius 1 is 0.381 bits per heavy atom. The minimum absolute atomic E-state index is 0.646. The van der Waals surface area contributed by atoms with Gasteiger partial charge in [0.1, 0.15) is 0 Å². The summed E-state index contributed by atoms with van der Waals surface area (Å²) >= 11 is 0. The van der Waals surface area contributed by atoms with E-state index >= 15 is 0 Å². The van der Waals surface area contributed by atoms with Gasteiger partial charge in [0.15, 0.2) is 0 Å². The largest absolute Gasteiger partial charge is 0.378 e. The fourth-order valence-corrected chi connectivity index (χ4v) is 12.1. The van der Waals surface area contributed by atoms with Crippen LogP contribution in [-0.4, -0.2) is 102 Å². The van der Waals surface area contributed by atoms with E-state index in [2.05, 4.69) is 9.80 Å². The van der Waals surface area contributed by atoms with Crippen LogP contribution in [0.3, 0.4) is 0 Å². The first-order valence-corrected chi connectivity index (χ1v) is 18.4. The van der Waals surface area contributed by atoms with Crippen molar-refractivity contribution in [3.63, 3.8) is 0 Å². The lowest BCUT2D eigenvalue weighted by molar-refractivity contribution is -0.0640. The molecule has 9 fully saturated rings. The topological polar surface area (TPSA) is 43.4 Å². The maximum Gasteiger partial charge on any atom is 0.0701 e. The SMILES string of the molecule is C1COCCN(CCC23CC4CC(CC(C4)C2)C3)CCOCCOCCN(CCC23CC4CC(CC(C4)C2)C3)CCO1.